The molecule has 0 bridgehead atoms. The van der Waals surface area contributed by atoms with E-state index < -0.39 is 0 Å². The molecule has 1 aromatic carbocycles. The van der Waals surface area contributed by atoms with Crippen LogP contribution >= 0.6 is 0 Å². The van der Waals surface area contributed by atoms with Gasteiger partial charge in [-0.3, -0.25) is 9.69 Å². The lowest BCUT2D eigenvalue weighted by Crippen LogP contribution is -2.48. The molecule has 5 nitrogen and oxygen atoms in total. The lowest BCUT2D eigenvalue weighted by Gasteiger charge is -2.33. The van der Waals surface area contributed by atoms with Crippen LogP contribution in [0.4, 0.5) is 0 Å². The molecule has 0 saturated carbocycles. The Morgan fingerprint density at radius 3 is 2.39 bits per heavy atom. The van der Waals surface area contributed by atoms with Crippen LogP contribution in [0.3, 0.4) is 0 Å². The molecule has 0 aliphatic carbocycles. The Kier molecular flexibility index (Phi) is 3.80. The molecule has 1 saturated heterocycles. The highest BCUT2D eigenvalue weighted by Gasteiger charge is 2.21. The first-order chi connectivity index (χ1) is 8.70. The molecule has 2 rings (SSSR count). The summed E-state index contributed by atoms with van der Waals surface area (Å²) in [5.74, 6) is 0.136. The van der Waals surface area contributed by atoms with Crippen LogP contribution in [-0.2, 0) is 0 Å². The van der Waals surface area contributed by atoms with Crippen molar-refractivity contribution in [3.8, 4) is 11.8 Å². The molecule has 1 aliphatic heterocycles. The minimum absolute atomic E-state index is 0.0217. The number of phenols is 1. The number of aromatic hydroxyl groups is 1. The van der Waals surface area contributed by atoms with Crippen molar-refractivity contribution in [2.45, 2.75) is 0 Å². The van der Waals surface area contributed by atoms with Gasteiger partial charge in [0.25, 0.3) is 5.91 Å². The van der Waals surface area contributed by atoms with Gasteiger partial charge in [0, 0.05) is 31.7 Å². The van der Waals surface area contributed by atoms with Crippen molar-refractivity contribution in [1.82, 2.24) is 9.80 Å². The molecule has 1 aliphatic rings. The average molecular weight is 245 g/mol. The van der Waals surface area contributed by atoms with E-state index in [1.165, 1.54) is 12.1 Å². The zero-order valence-corrected chi connectivity index (χ0v) is 10.0. The van der Waals surface area contributed by atoms with E-state index in [2.05, 4.69) is 6.07 Å². The number of rotatable bonds is 2. The second-order valence-electron chi connectivity index (χ2n) is 4.27. The predicted octanol–water partition coefficient (Wildman–Crippen LogP) is 0.674. The summed E-state index contributed by atoms with van der Waals surface area (Å²) in [6.07, 6.45) is 0. The minimum atomic E-state index is -0.0217. The molecule has 94 valence electrons. The topological polar surface area (TPSA) is 67.6 Å². The SMILES string of the molecule is N#CCN1CCN(C(=O)c2ccc(O)cc2)CC1. The predicted molar refractivity (Wildman–Crippen MR) is 66.1 cm³/mol. The summed E-state index contributed by atoms with van der Waals surface area (Å²) in [7, 11) is 0. The van der Waals surface area contributed by atoms with Gasteiger partial charge in [0.2, 0.25) is 0 Å². The highest BCUT2D eigenvalue weighted by atomic mass is 16.3. The highest BCUT2D eigenvalue weighted by molar-refractivity contribution is 5.94. The molecule has 1 amide bonds. The van der Waals surface area contributed by atoms with Crippen LogP contribution in [-0.4, -0.2) is 53.5 Å². The van der Waals surface area contributed by atoms with Crippen LogP contribution < -0.4 is 0 Å². The van der Waals surface area contributed by atoms with E-state index >= 15 is 0 Å². The van der Waals surface area contributed by atoms with E-state index in [4.69, 9.17) is 5.26 Å². The number of carbonyl (C=O) groups is 1. The smallest absolute Gasteiger partial charge is 0.253 e. The van der Waals surface area contributed by atoms with Gasteiger partial charge < -0.3 is 10.0 Å². The van der Waals surface area contributed by atoms with Crippen molar-refractivity contribution in [2.24, 2.45) is 0 Å². The largest absolute Gasteiger partial charge is 0.508 e. The van der Waals surface area contributed by atoms with Crippen LogP contribution in [0.25, 0.3) is 0 Å². The number of nitriles is 1. The Hall–Kier alpha value is -2.06. The fourth-order valence-electron chi connectivity index (χ4n) is 2.00. The van der Waals surface area contributed by atoms with E-state index in [0.717, 1.165) is 13.1 Å². The van der Waals surface area contributed by atoms with Crippen molar-refractivity contribution >= 4 is 5.91 Å². The molecule has 0 spiro atoms. The number of hydrogen-bond donors (Lipinski definition) is 1. The van der Waals surface area contributed by atoms with Crippen molar-refractivity contribution in [2.75, 3.05) is 32.7 Å². The molecule has 18 heavy (non-hydrogen) atoms. The number of carbonyl (C=O) groups excluding carboxylic acids is 1. The van der Waals surface area contributed by atoms with Crippen molar-refractivity contribution in [3.63, 3.8) is 0 Å². The fraction of sp³-hybridized carbons (Fsp3) is 0.385. The summed E-state index contributed by atoms with van der Waals surface area (Å²) < 4.78 is 0. The molecule has 5 heteroatoms. The summed E-state index contributed by atoms with van der Waals surface area (Å²) in [5, 5.41) is 17.8. The molecule has 0 unspecified atom stereocenters. The summed E-state index contributed by atoms with van der Waals surface area (Å²) in [6, 6.07) is 8.39. The van der Waals surface area contributed by atoms with Gasteiger partial charge in [-0.25, -0.2) is 0 Å². The molecular weight excluding hydrogens is 230 g/mol. The first-order valence-corrected chi connectivity index (χ1v) is 5.88. The van der Waals surface area contributed by atoms with Gasteiger partial charge >= 0.3 is 0 Å². The summed E-state index contributed by atoms with van der Waals surface area (Å²) in [6.45, 7) is 3.17. The molecule has 0 aromatic heterocycles. The van der Waals surface area contributed by atoms with Crippen LogP contribution in [0.2, 0.25) is 0 Å². The van der Waals surface area contributed by atoms with Gasteiger partial charge in [0.15, 0.2) is 0 Å². The lowest BCUT2D eigenvalue weighted by atomic mass is 10.1. The second kappa shape index (κ2) is 5.52. The Bertz CT molecular complexity index is 456. The Balaban J connectivity index is 1.95. The normalized spacial score (nSPS) is 16.3. The maximum absolute atomic E-state index is 12.1. The Morgan fingerprint density at radius 2 is 1.83 bits per heavy atom. The number of hydrogen-bond acceptors (Lipinski definition) is 4. The van der Waals surface area contributed by atoms with Gasteiger partial charge in [0.1, 0.15) is 5.75 Å². The number of nitrogens with zero attached hydrogens (tertiary/aromatic N) is 3. The van der Waals surface area contributed by atoms with Gasteiger partial charge in [-0.2, -0.15) is 5.26 Å². The first kappa shape index (κ1) is 12.4. The van der Waals surface area contributed by atoms with Crippen molar-refractivity contribution < 1.29 is 9.90 Å². The standard InChI is InChI=1S/C13H15N3O2/c14-5-6-15-7-9-16(10-8-15)13(18)11-1-3-12(17)4-2-11/h1-4,17H,6-10H2. The third-order valence-corrected chi connectivity index (χ3v) is 3.07. The molecule has 0 atom stereocenters. The molecule has 1 N–H and O–H groups in total. The number of amides is 1. The Morgan fingerprint density at radius 1 is 1.22 bits per heavy atom. The van der Waals surface area contributed by atoms with E-state index in [1.807, 2.05) is 4.90 Å². The van der Waals surface area contributed by atoms with E-state index in [9.17, 15) is 9.90 Å². The summed E-state index contributed by atoms with van der Waals surface area (Å²) in [4.78, 5) is 15.9. The van der Waals surface area contributed by atoms with Gasteiger partial charge in [-0.1, -0.05) is 0 Å². The van der Waals surface area contributed by atoms with E-state index in [-0.39, 0.29) is 11.7 Å². The molecule has 0 radical (unpaired) electrons. The number of piperazine rings is 1. The zero-order chi connectivity index (χ0) is 13.0. The second-order valence-corrected chi connectivity index (χ2v) is 4.27. The average Bonchev–Trinajstić information content (AvgIpc) is 2.40. The van der Waals surface area contributed by atoms with Gasteiger partial charge in [-0.05, 0) is 24.3 Å². The zero-order valence-electron chi connectivity index (χ0n) is 10.0. The lowest BCUT2D eigenvalue weighted by molar-refractivity contribution is 0.0652. The molecule has 1 heterocycles. The monoisotopic (exact) mass is 245 g/mol. The van der Waals surface area contributed by atoms with Crippen LogP contribution in [0.1, 0.15) is 10.4 Å². The maximum Gasteiger partial charge on any atom is 0.253 e. The quantitative estimate of drug-likeness (QED) is 0.778. The van der Waals surface area contributed by atoms with Crippen molar-refractivity contribution in [1.29, 1.82) is 5.26 Å². The van der Waals surface area contributed by atoms with Crippen LogP contribution in [0, 0.1) is 11.3 Å². The number of phenolic OH excluding ortho intramolecular Hbond substituents is 1. The molecule has 1 fully saturated rings. The summed E-state index contributed by atoms with van der Waals surface area (Å²) in [5.41, 5.74) is 0.585. The number of benzene rings is 1. The van der Waals surface area contributed by atoms with Gasteiger partial charge in [0.05, 0.1) is 12.6 Å². The van der Waals surface area contributed by atoms with Gasteiger partial charge in [-0.15, -0.1) is 0 Å². The van der Waals surface area contributed by atoms with E-state index in [1.54, 1.807) is 17.0 Å². The maximum atomic E-state index is 12.1. The molecular formula is C13H15N3O2. The first-order valence-electron chi connectivity index (χ1n) is 5.88. The minimum Gasteiger partial charge on any atom is -0.508 e. The highest BCUT2D eigenvalue weighted by Crippen LogP contribution is 2.13. The Labute approximate surface area is 106 Å². The fourth-order valence-corrected chi connectivity index (χ4v) is 2.00. The van der Waals surface area contributed by atoms with E-state index in [0.29, 0.717) is 25.2 Å². The molecule has 1 aromatic rings. The van der Waals surface area contributed by atoms with Crippen LogP contribution in [0.5, 0.6) is 5.75 Å². The third kappa shape index (κ3) is 2.79. The van der Waals surface area contributed by atoms with Crippen molar-refractivity contribution in [3.05, 3.63) is 29.8 Å². The third-order valence-electron chi connectivity index (χ3n) is 3.07. The van der Waals surface area contributed by atoms with Crippen LogP contribution in [0.15, 0.2) is 24.3 Å². The summed E-state index contributed by atoms with van der Waals surface area (Å²) >= 11 is 0.